The van der Waals surface area contributed by atoms with Crippen LogP contribution in [0.1, 0.15) is 19.8 Å². The monoisotopic (exact) mass is 150 g/mol. The van der Waals surface area contributed by atoms with Crippen LogP contribution < -0.4 is 0 Å². The van der Waals surface area contributed by atoms with Crippen LogP contribution in [0.5, 0.6) is 0 Å². The Labute approximate surface area is 67.4 Å². The highest BCUT2D eigenvalue weighted by Gasteiger charge is 2.30. The van der Waals surface area contributed by atoms with E-state index in [4.69, 9.17) is 0 Å². The maximum atomic E-state index is 9.35. The summed E-state index contributed by atoms with van der Waals surface area (Å²) in [4.78, 5) is 0. The normalized spacial score (nSPS) is 41.9. The largest absolute Gasteiger partial charge is 0.513 e. The number of hydrogen-bond donors (Lipinski definition) is 1. The average Bonchev–Trinajstić information content (AvgIpc) is 2.34. The molecule has 0 heterocycles. The van der Waals surface area contributed by atoms with E-state index < -0.39 is 0 Å². The molecule has 2 aliphatic carbocycles. The van der Waals surface area contributed by atoms with E-state index in [1.165, 1.54) is 6.42 Å². The first-order valence-electron chi connectivity index (χ1n) is 4.33. The Kier molecular flexibility index (Phi) is 1.52. The molecule has 1 N–H and O–H groups in total. The Bertz CT molecular complexity index is 215. The summed E-state index contributed by atoms with van der Waals surface area (Å²) < 4.78 is 0. The smallest absolute Gasteiger partial charge is 0.0891 e. The Morgan fingerprint density at radius 2 is 2.36 bits per heavy atom. The fourth-order valence-corrected chi connectivity index (χ4v) is 2.25. The van der Waals surface area contributed by atoms with Gasteiger partial charge in [-0.1, -0.05) is 19.1 Å². The van der Waals surface area contributed by atoms with Gasteiger partial charge < -0.3 is 5.11 Å². The summed E-state index contributed by atoms with van der Waals surface area (Å²) in [5, 5.41) is 9.35. The van der Waals surface area contributed by atoms with Gasteiger partial charge in [0, 0.05) is 12.3 Å². The van der Waals surface area contributed by atoms with Crippen LogP contribution in [0, 0.1) is 17.8 Å². The van der Waals surface area contributed by atoms with Gasteiger partial charge in [-0.05, 0) is 24.3 Å². The standard InChI is InChI=1S/C10H14O/c1-7-5-9(11)6-8-3-2-4-10(7)8/h2-3,6-8,10-11H,4-5H2,1H3/t7?,8-,10?/m1/s1. The average molecular weight is 150 g/mol. The van der Waals surface area contributed by atoms with Crippen LogP contribution in [0.2, 0.25) is 0 Å². The highest BCUT2D eigenvalue weighted by molar-refractivity contribution is 5.16. The summed E-state index contributed by atoms with van der Waals surface area (Å²) in [7, 11) is 0. The van der Waals surface area contributed by atoms with Crippen LogP contribution in [0.4, 0.5) is 0 Å². The lowest BCUT2D eigenvalue weighted by atomic mass is 9.78. The van der Waals surface area contributed by atoms with Crippen LogP contribution in [-0.2, 0) is 0 Å². The van der Waals surface area contributed by atoms with Gasteiger partial charge in [0.1, 0.15) is 0 Å². The summed E-state index contributed by atoms with van der Waals surface area (Å²) in [6.45, 7) is 2.23. The number of hydrogen-bond acceptors (Lipinski definition) is 1. The molecule has 1 nitrogen and oxygen atoms in total. The molecule has 2 aliphatic rings. The van der Waals surface area contributed by atoms with Crippen molar-refractivity contribution in [3.63, 3.8) is 0 Å². The number of rotatable bonds is 0. The van der Waals surface area contributed by atoms with Gasteiger partial charge in [0.25, 0.3) is 0 Å². The zero-order valence-corrected chi connectivity index (χ0v) is 6.83. The van der Waals surface area contributed by atoms with Crippen LogP contribution >= 0.6 is 0 Å². The van der Waals surface area contributed by atoms with Crippen LogP contribution in [0.15, 0.2) is 24.0 Å². The number of allylic oxidation sites excluding steroid dienone is 4. The molecule has 0 fully saturated rings. The van der Waals surface area contributed by atoms with E-state index >= 15 is 0 Å². The van der Waals surface area contributed by atoms with E-state index in [1.54, 1.807) is 0 Å². The molecule has 1 heteroatoms. The van der Waals surface area contributed by atoms with Gasteiger partial charge in [-0.2, -0.15) is 0 Å². The van der Waals surface area contributed by atoms with Gasteiger partial charge in [0.15, 0.2) is 0 Å². The fraction of sp³-hybridized carbons (Fsp3) is 0.600. The highest BCUT2D eigenvalue weighted by Crippen LogP contribution is 2.39. The minimum absolute atomic E-state index is 0.527. The molecular formula is C10H14O. The topological polar surface area (TPSA) is 20.2 Å². The minimum Gasteiger partial charge on any atom is -0.513 e. The molecule has 0 aromatic carbocycles. The summed E-state index contributed by atoms with van der Waals surface area (Å²) in [5.74, 6) is 2.54. The lowest BCUT2D eigenvalue weighted by Gasteiger charge is -2.28. The van der Waals surface area contributed by atoms with Crippen LogP contribution in [0.3, 0.4) is 0 Å². The molecule has 0 saturated heterocycles. The predicted molar refractivity (Wildman–Crippen MR) is 45.2 cm³/mol. The molecule has 3 atom stereocenters. The maximum Gasteiger partial charge on any atom is 0.0891 e. The third-order valence-corrected chi connectivity index (χ3v) is 2.91. The molecule has 0 aliphatic heterocycles. The van der Waals surface area contributed by atoms with Crippen molar-refractivity contribution in [3.05, 3.63) is 24.0 Å². The summed E-state index contributed by atoms with van der Waals surface area (Å²) >= 11 is 0. The Morgan fingerprint density at radius 1 is 1.55 bits per heavy atom. The molecule has 2 rings (SSSR count). The quantitative estimate of drug-likeness (QED) is 0.526. The molecule has 2 unspecified atom stereocenters. The molecule has 0 saturated carbocycles. The van der Waals surface area contributed by atoms with Gasteiger partial charge in [0.05, 0.1) is 5.76 Å². The van der Waals surface area contributed by atoms with Crippen LogP contribution in [0.25, 0.3) is 0 Å². The van der Waals surface area contributed by atoms with Crippen molar-refractivity contribution in [1.29, 1.82) is 0 Å². The first-order chi connectivity index (χ1) is 5.27. The van der Waals surface area contributed by atoms with Gasteiger partial charge in [-0.3, -0.25) is 0 Å². The van der Waals surface area contributed by atoms with Gasteiger partial charge in [0.2, 0.25) is 0 Å². The lowest BCUT2D eigenvalue weighted by Crippen LogP contribution is -2.20. The molecule has 0 amide bonds. The van der Waals surface area contributed by atoms with Crippen molar-refractivity contribution in [2.45, 2.75) is 19.8 Å². The zero-order chi connectivity index (χ0) is 7.84. The first kappa shape index (κ1) is 6.96. The fourth-order valence-electron chi connectivity index (χ4n) is 2.25. The van der Waals surface area contributed by atoms with Gasteiger partial charge >= 0.3 is 0 Å². The van der Waals surface area contributed by atoms with E-state index in [9.17, 15) is 5.11 Å². The molecule has 0 aromatic rings. The molecule has 0 aromatic heterocycles. The molecule has 11 heavy (non-hydrogen) atoms. The van der Waals surface area contributed by atoms with Crippen molar-refractivity contribution in [2.24, 2.45) is 17.8 Å². The van der Waals surface area contributed by atoms with Gasteiger partial charge in [-0.25, -0.2) is 0 Å². The minimum atomic E-state index is 0.527. The van der Waals surface area contributed by atoms with Crippen molar-refractivity contribution in [3.8, 4) is 0 Å². The van der Waals surface area contributed by atoms with E-state index in [2.05, 4.69) is 19.1 Å². The van der Waals surface area contributed by atoms with E-state index in [0.29, 0.717) is 17.6 Å². The molecule has 0 radical (unpaired) electrons. The third-order valence-electron chi connectivity index (χ3n) is 2.91. The van der Waals surface area contributed by atoms with E-state index in [-0.39, 0.29) is 0 Å². The second-order valence-corrected chi connectivity index (χ2v) is 3.74. The van der Waals surface area contributed by atoms with E-state index in [1.807, 2.05) is 6.08 Å². The second-order valence-electron chi connectivity index (χ2n) is 3.74. The molecule has 0 spiro atoms. The second kappa shape index (κ2) is 2.40. The number of aliphatic hydroxyl groups is 1. The molecule has 60 valence electrons. The van der Waals surface area contributed by atoms with Crippen molar-refractivity contribution in [1.82, 2.24) is 0 Å². The summed E-state index contributed by atoms with van der Waals surface area (Å²) in [5.41, 5.74) is 0. The highest BCUT2D eigenvalue weighted by atomic mass is 16.3. The van der Waals surface area contributed by atoms with E-state index in [0.717, 1.165) is 12.3 Å². The maximum absolute atomic E-state index is 9.35. The SMILES string of the molecule is CC1CC(O)=C[C@H]2C=CCC12. The van der Waals surface area contributed by atoms with Gasteiger partial charge in [-0.15, -0.1) is 0 Å². The van der Waals surface area contributed by atoms with Crippen molar-refractivity contribution >= 4 is 0 Å². The van der Waals surface area contributed by atoms with Crippen molar-refractivity contribution < 1.29 is 5.11 Å². The van der Waals surface area contributed by atoms with Crippen LogP contribution in [-0.4, -0.2) is 5.11 Å². The lowest BCUT2D eigenvalue weighted by molar-refractivity contribution is 0.249. The summed E-state index contributed by atoms with van der Waals surface area (Å²) in [6.07, 6.45) is 8.55. The first-order valence-corrected chi connectivity index (χ1v) is 4.33. The molecule has 0 bridgehead atoms. The Morgan fingerprint density at radius 3 is 3.18 bits per heavy atom. The Balaban J connectivity index is 2.23. The predicted octanol–water partition coefficient (Wildman–Crippen LogP) is 2.66. The number of aliphatic hydroxyl groups excluding tert-OH is 1. The van der Waals surface area contributed by atoms with Crippen molar-refractivity contribution in [2.75, 3.05) is 0 Å². The third kappa shape index (κ3) is 1.09. The Hall–Kier alpha value is -0.720. The number of fused-ring (bicyclic) bond motifs is 1. The molecular weight excluding hydrogens is 136 g/mol. The zero-order valence-electron chi connectivity index (χ0n) is 6.83. The summed E-state index contributed by atoms with van der Waals surface area (Å²) in [6, 6.07) is 0.